The average Bonchev–Trinajstić information content (AvgIpc) is 3.10. The van der Waals surface area contributed by atoms with Crippen LogP contribution in [0.15, 0.2) is 30.3 Å². The first-order valence-corrected chi connectivity index (χ1v) is 7.42. The first-order valence-electron chi connectivity index (χ1n) is 7.42. The summed E-state index contributed by atoms with van der Waals surface area (Å²) < 4.78 is 0. The van der Waals surface area contributed by atoms with Crippen molar-refractivity contribution in [3.63, 3.8) is 0 Å². The quantitative estimate of drug-likeness (QED) is 0.899. The monoisotopic (exact) mass is 258 g/mol. The van der Waals surface area contributed by atoms with Gasteiger partial charge in [-0.2, -0.15) is 0 Å². The summed E-state index contributed by atoms with van der Waals surface area (Å²) in [6.07, 6.45) is 5.43. The fraction of sp³-hybridized carbons (Fsp3) is 0.562. The lowest BCUT2D eigenvalue weighted by atomic mass is 10.0. The molecule has 1 amide bonds. The second kappa shape index (κ2) is 5.74. The van der Waals surface area contributed by atoms with Crippen LogP contribution >= 0.6 is 0 Å². The van der Waals surface area contributed by atoms with E-state index in [2.05, 4.69) is 34.5 Å². The molecule has 2 saturated heterocycles. The van der Waals surface area contributed by atoms with Gasteiger partial charge < -0.3 is 10.2 Å². The van der Waals surface area contributed by atoms with Crippen LogP contribution in [0.1, 0.15) is 31.2 Å². The molecule has 0 aromatic heterocycles. The number of nitrogens with one attached hydrogen (secondary N) is 1. The second-order valence-electron chi connectivity index (χ2n) is 5.67. The maximum Gasteiger partial charge on any atom is 0.239 e. The van der Waals surface area contributed by atoms with Crippen molar-refractivity contribution in [1.29, 1.82) is 0 Å². The van der Waals surface area contributed by atoms with Gasteiger partial charge in [0.2, 0.25) is 5.91 Å². The Morgan fingerprint density at radius 2 is 2.05 bits per heavy atom. The van der Waals surface area contributed by atoms with E-state index in [1.165, 1.54) is 5.56 Å². The Hall–Kier alpha value is -1.35. The lowest BCUT2D eigenvalue weighted by molar-refractivity contribution is -0.133. The van der Waals surface area contributed by atoms with Gasteiger partial charge in [-0.05, 0) is 44.2 Å². The van der Waals surface area contributed by atoms with Gasteiger partial charge in [0.15, 0.2) is 0 Å². The predicted molar refractivity (Wildman–Crippen MR) is 75.9 cm³/mol. The summed E-state index contributed by atoms with van der Waals surface area (Å²) in [7, 11) is 0. The molecule has 1 N–H and O–H groups in total. The summed E-state index contributed by atoms with van der Waals surface area (Å²) in [5.41, 5.74) is 1.34. The van der Waals surface area contributed by atoms with E-state index in [9.17, 15) is 4.79 Å². The molecule has 0 saturated carbocycles. The number of nitrogens with zero attached hydrogens (tertiary/aromatic N) is 1. The number of amides is 1. The summed E-state index contributed by atoms with van der Waals surface area (Å²) >= 11 is 0. The summed E-state index contributed by atoms with van der Waals surface area (Å²) in [4.78, 5) is 14.6. The fourth-order valence-electron chi connectivity index (χ4n) is 3.32. The lowest BCUT2D eigenvalue weighted by Crippen LogP contribution is -2.46. The van der Waals surface area contributed by atoms with E-state index in [1.807, 2.05) is 6.07 Å². The van der Waals surface area contributed by atoms with Gasteiger partial charge in [-0.15, -0.1) is 0 Å². The summed E-state index contributed by atoms with van der Waals surface area (Å²) in [5.74, 6) is 0.330. The second-order valence-corrected chi connectivity index (χ2v) is 5.67. The van der Waals surface area contributed by atoms with Gasteiger partial charge in [-0.25, -0.2) is 0 Å². The smallest absolute Gasteiger partial charge is 0.239 e. The van der Waals surface area contributed by atoms with Crippen LogP contribution in [0.3, 0.4) is 0 Å². The van der Waals surface area contributed by atoms with E-state index in [0.717, 1.165) is 45.2 Å². The molecule has 0 bridgehead atoms. The molecular weight excluding hydrogens is 236 g/mol. The summed E-state index contributed by atoms with van der Waals surface area (Å²) in [5, 5.41) is 3.33. The molecule has 2 aliphatic heterocycles. The van der Waals surface area contributed by atoms with Crippen LogP contribution in [-0.4, -0.2) is 36.0 Å². The van der Waals surface area contributed by atoms with Gasteiger partial charge in [-0.1, -0.05) is 30.3 Å². The lowest BCUT2D eigenvalue weighted by Gasteiger charge is -2.27. The Morgan fingerprint density at radius 1 is 1.21 bits per heavy atom. The van der Waals surface area contributed by atoms with Crippen molar-refractivity contribution in [3.8, 4) is 0 Å². The Morgan fingerprint density at radius 3 is 2.79 bits per heavy atom. The van der Waals surface area contributed by atoms with Crippen LogP contribution in [-0.2, 0) is 11.2 Å². The van der Waals surface area contributed by atoms with E-state index in [4.69, 9.17) is 0 Å². The number of benzene rings is 1. The molecule has 3 heteroatoms. The maximum atomic E-state index is 12.5. The minimum Gasteiger partial charge on any atom is -0.338 e. The molecule has 2 aliphatic rings. The Kier molecular flexibility index (Phi) is 3.83. The standard InChI is InChI=1S/C16H22N2O/c19-16(15-9-4-10-17-15)18-11-5-8-14(18)12-13-6-2-1-3-7-13/h1-3,6-7,14-15,17H,4-5,8-12H2/t14-,15-/m1/s1. The first kappa shape index (κ1) is 12.7. The van der Waals surface area contributed by atoms with Crippen molar-refractivity contribution in [3.05, 3.63) is 35.9 Å². The van der Waals surface area contributed by atoms with Gasteiger partial charge >= 0.3 is 0 Å². The third kappa shape index (κ3) is 2.81. The molecule has 0 radical (unpaired) electrons. The molecular formula is C16H22N2O. The minimum atomic E-state index is 0.0800. The zero-order valence-electron chi connectivity index (χ0n) is 11.3. The highest BCUT2D eigenvalue weighted by molar-refractivity contribution is 5.82. The van der Waals surface area contributed by atoms with E-state index in [1.54, 1.807) is 0 Å². The van der Waals surface area contributed by atoms with Gasteiger partial charge in [0.1, 0.15) is 0 Å². The third-order valence-corrected chi connectivity index (χ3v) is 4.33. The van der Waals surface area contributed by atoms with Crippen LogP contribution in [0.25, 0.3) is 0 Å². The molecule has 0 unspecified atom stereocenters. The van der Waals surface area contributed by atoms with Gasteiger partial charge in [0, 0.05) is 12.6 Å². The Balaban J connectivity index is 1.66. The average molecular weight is 258 g/mol. The molecule has 0 aliphatic carbocycles. The van der Waals surface area contributed by atoms with E-state index < -0.39 is 0 Å². The van der Waals surface area contributed by atoms with Crippen molar-refractivity contribution in [2.75, 3.05) is 13.1 Å². The molecule has 3 nitrogen and oxygen atoms in total. The van der Waals surface area contributed by atoms with Crippen LogP contribution in [0, 0.1) is 0 Å². The number of carbonyl (C=O) groups excluding carboxylic acids is 1. The molecule has 0 spiro atoms. The first-order chi connectivity index (χ1) is 9.34. The number of carbonyl (C=O) groups is 1. The normalized spacial score (nSPS) is 26.8. The van der Waals surface area contributed by atoms with E-state index in [-0.39, 0.29) is 6.04 Å². The molecule has 2 heterocycles. The summed E-state index contributed by atoms with van der Waals surface area (Å²) in [6, 6.07) is 11.0. The SMILES string of the molecule is O=C([C@H]1CCCN1)N1CCC[C@@H]1Cc1ccccc1. The van der Waals surface area contributed by atoms with Crippen LogP contribution in [0.2, 0.25) is 0 Å². The van der Waals surface area contributed by atoms with E-state index in [0.29, 0.717) is 11.9 Å². The van der Waals surface area contributed by atoms with Crippen molar-refractivity contribution in [1.82, 2.24) is 10.2 Å². The Labute approximate surface area is 115 Å². The van der Waals surface area contributed by atoms with E-state index >= 15 is 0 Å². The third-order valence-electron chi connectivity index (χ3n) is 4.33. The number of likely N-dealkylation sites (tertiary alicyclic amines) is 1. The summed E-state index contributed by atoms with van der Waals surface area (Å²) in [6.45, 7) is 1.93. The largest absolute Gasteiger partial charge is 0.338 e. The molecule has 19 heavy (non-hydrogen) atoms. The molecule has 1 aromatic rings. The molecule has 2 atom stereocenters. The Bertz CT molecular complexity index is 426. The van der Waals surface area contributed by atoms with Gasteiger partial charge in [0.25, 0.3) is 0 Å². The number of hydrogen-bond acceptors (Lipinski definition) is 2. The fourth-order valence-corrected chi connectivity index (χ4v) is 3.32. The van der Waals surface area contributed by atoms with Gasteiger partial charge in [-0.3, -0.25) is 4.79 Å². The molecule has 1 aromatic carbocycles. The topological polar surface area (TPSA) is 32.3 Å². The van der Waals surface area contributed by atoms with Crippen LogP contribution in [0.4, 0.5) is 0 Å². The molecule has 2 fully saturated rings. The predicted octanol–water partition coefficient (Wildman–Crippen LogP) is 1.97. The maximum absolute atomic E-state index is 12.5. The van der Waals surface area contributed by atoms with Crippen molar-refractivity contribution >= 4 is 5.91 Å². The zero-order valence-corrected chi connectivity index (χ0v) is 11.3. The van der Waals surface area contributed by atoms with Crippen molar-refractivity contribution in [2.45, 2.75) is 44.2 Å². The minimum absolute atomic E-state index is 0.0800. The zero-order chi connectivity index (χ0) is 13.1. The highest BCUT2D eigenvalue weighted by Crippen LogP contribution is 2.23. The highest BCUT2D eigenvalue weighted by Gasteiger charge is 2.33. The van der Waals surface area contributed by atoms with Gasteiger partial charge in [0.05, 0.1) is 6.04 Å². The number of hydrogen-bond donors (Lipinski definition) is 1. The molecule has 102 valence electrons. The number of rotatable bonds is 3. The highest BCUT2D eigenvalue weighted by atomic mass is 16.2. The van der Waals surface area contributed by atoms with Crippen LogP contribution in [0.5, 0.6) is 0 Å². The van der Waals surface area contributed by atoms with Crippen molar-refractivity contribution < 1.29 is 4.79 Å². The van der Waals surface area contributed by atoms with Crippen molar-refractivity contribution in [2.24, 2.45) is 0 Å². The molecule has 3 rings (SSSR count). The van der Waals surface area contributed by atoms with Crippen LogP contribution < -0.4 is 5.32 Å².